The molecule has 1 saturated heterocycles. The van der Waals surface area contributed by atoms with E-state index < -0.39 is 35.8 Å². The summed E-state index contributed by atoms with van der Waals surface area (Å²) in [5.74, 6) is -5.52. The molecule has 8 nitrogen and oxygen atoms in total. The largest absolute Gasteiger partial charge is 0.471 e. The second kappa shape index (κ2) is 7.94. The van der Waals surface area contributed by atoms with E-state index in [4.69, 9.17) is 0 Å². The number of para-hydroxylation sites is 2. The molecule has 1 fully saturated rings. The average molecular weight is 396 g/mol. The first-order valence-electron chi connectivity index (χ1n) is 7.76. The zero-order valence-electron chi connectivity index (χ0n) is 14.3. The van der Waals surface area contributed by atoms with Crippen LogP contribution in [0.5, 0.6) is 0 Å². The Morgan fingerprint density at radius 2 is 1.75 bits per heavy atom. The lowest BCUT2D eigenvalue weighted by Gasteiger charge is -2.30. The van der Waals surface area contributed by atoms with Gasteiger partial charge < -0.3 is 10.6 Å². The van der Waals surface area contributed by atoms with E-state index in [9.17, 15) is 32.3 Å². The molecule has 1 heterocycles. The Balaban J connectivity index is 2.24. The van der Waals surface area contributed by atoms with Crippen molar-refractivity contribution < 1.29 is 32.3 Å². The second-order valence-electron chi connectivity index (χ2n) is 5.61. The van der Waals surface area contributed by atoms with Gasteiger partial charge in [-0.05, 0) is 12.1 Å². The van der Waals surface area contributed by atoms with E-state index in [1.54, 1.807) is 5.32 Å². The number of benzene rings is 1. The number of halogens is 3. The predicted molar refractivity (Wildman–Crippen MR) is 92.8 cm³/mol. The smallest absolute Gasteiger partial charge is 0.357 e. The lowest BCUT2D eigenvalue weighted by Crippen LogP contribution is -2.58. The van der Waals surface area contributed by atoms with Crippen molar-refractivity contribution in [1.82, 2.24) is 10.2 Å². The van der Waals surface area contributed by atoms with E-state index in [-0.39, 0.29) is 23.6 Å². The van der Waals surface area contributed by atoms with E-state index >= 15 is 0 Å². The summed E-state index contributed by atoms with van der Waals surface area (Å²) in [4.78, 5) is 48.1. The number of imide groups is 2. The number of nitrogens with one attached hydrogen (secondary N) is 3. The molecule has 5 amide bonds. The van der Waals surface area contributed by atoms with E-state index in [0.29, 0.717) is 0 Å². The zero-order chi connectivity index (χ0) is 21.1. The monoisotopic (exact) mass is 396 g/mol. The van der Waals surface area contributed by atoms with Crippen LogP contribution in [0, 0.1) is 5.92 Å². The number of hydrogen-bond donors (Lipinski definition) is 3. The van der Waals surface area contributed by atoms with Crippen molar-refractivity contribution in [3.8, 4) is 0 Å². The Morgan fingerprint density at radius 1 is 1.18 bits per heavy atom. The predicted octanol–water partition coefficient (Wildman–Crippen LogP) is 1.99. The highest BCUT2D eigenvalue weighted by Gasteiger charge is 2.42. The maximum Gasteiger partial charge on any atom is 0.471 e. The van der Waals surface area contributed by atoms with Gasteiger partial charge in [0.05, 0.1) is 11.4 Å². The third-order valence-electron chi connectivity index (χ3n) is 3.64. The van der Waals surface area contributed by atoms with Crippen molar-refractivity contribution in [3.05, 3.63) is 49.2 Å². The van der Waals surface area contributed by atoms with Crippen molar-refractivity contribution in [2.75, 3.05) is 17.2 Å². The molecule has 0 spiro atoms. The number of hydrogen-bond acceptors (Lipinski definition) is 5. The van der Waals surface area contributed by atoms with Crippen LogP contribution >= 0.6 is 0 Å². The van der Waals surface area contributed by atoms with Gasteiger partial charge in [-0.3, -0.25) is 24.6 Å². The molecule has 0 bridgehead atoms. The molecule has 1 aliphatic heterocycles. The molecular weight excluding hydrogens is 381 g/mol. The molecule has 11 heteroatoms. The van der Waals surface area contributed by atoms with Crippen LogP contribution in [0.4, 0.5) is 29.3 Å². The van der Waals surface area contributed by atoms with Crippen molar-refractivity contribution in [2.45, 2.75) is 6.18 Å². The van der Waals surface area contributed by atoms with Gasteiger partial charge in [0.15, 0.2) is 5.92 Å². The minimum absolute atomic E-state index is 0.0297. The number of urea groups is 1. The third kappa shape index (κ3) is 4.37. The van der Waals surface area contributed by atoms with E-state index in [2.05, 4.69) is 18.5 Å². The number of rotatable bonds is 6. The molecule has 148 valence electrons. The van der Waals surface area contributed by atoms with Crippen molar-refractivity contribution in [2.24, 2.45) is 5.92 Å². The van der Waals surface area contributed by atoms with Crippen LogP contribution in [-0.4, -0.2) is 41.4 Å². The number of anilines is 2. The van der Waals surface area contributed by atoms with Gasteiger partial charge in [-0.15, -0.1) is 6.58 Å². The van der Waals surface area contributed by atoms with Gasteiger partial charge >= 0.3 is 18.1 Å². The Kier molecular flexibility index (Phi) is 5.87. The number of amides is 5. The SMILES string of the molecule is C=CCN1C(=O)NC(=O)[C@H](C(=C)Nc2ccccc2NC(=O)C(F)(F)F)C1=O. The van der Waals surface area contributed by atoms with Gasteiger partial charge in [-0.1, -0.05) is 24.8 Å². The van der Waals surface area contributed by atoms with Gasteiger partial charge in [-0.2, -0.15) is 13.2 Å². The van der Waals surface area contributed by atoms with Crippen molar-refractivity contribution in [1.29, 1.82) is 0 Å². The number of carbonyl (C=O) groups is 4. The first-order chi connectivity index (χ1) is 13.1. The number of carbonyl (C=O) groups excluding carboxylic acids is 4. The molecule has 1 atom stereocenters. The van der Waals surface area contributed by atoms with Crippen molar-refractivity contribution >= 4 is 35.1 Å². The first-order valence-corrected chi connectivity index (χ1v) is 7.76. The Bertz CT molecular complexity index is 866. The summed E-state index contributed by atoms with van der Waals surface area (Å²) in [7, 11) is 0. The Morgan fingerprint density at radius 3 is 2.29 bits per heavy atom. The molecule has 1 aromatic carbocycles. The maximum atomic E-state index is 12.5. The van der Waals surface area contributed by atoms with Gasteiger partial charge in [0.1, 0.15) is 0 Å². The fourth-order valence-corrected chi connectivity index (χ4v) is 2.36. The van der Waals surface area contributed by atoms with Gasteiger partial charge in [0.2, 0.25) is 11.8 Å². The minimum atomic E-state index is -5.10. The summed E-state index contributed by atoms with van der Waals surface area (Å²) in [5.41, 5.74) is -0.468. The minimum Gasteiger partial charge on any atom is -0.357 e. The fraction of sp³-hybridized carbons (Fsp3) is 0.176. The first kappa shape index (κ1) is 20.7. The molecule has 1 aromatic rings. The fourth-order valence-electron chi connectivity index (χ4n) is 2.36. The van der Waals surface area contributed by atoms with Crippen LogP contribution < -0.4 is 16.0 Å². The quantitative estimate of drug-likeness (QED) is 0.504. The van der Waals surface area contributed by atoms with Gasteiger partial charge in [0, 0.05) is 12.2 Å². The molecule has 0 aromatic heterocycles. The molecule has 0 saturated carbocycles. The highest BCUT2D eigenvalue weighted by Crippen LogP contribution is 2.28. The normalized spacial score (nSPS) is 17.0. The van der Waals surface area contributed by atoms with Gasteiger partial charge in [-0.25, -0.2) is 4.79 Å². The summed E-state index contributed by atoms with van der Waals surface area (Å²) in [6, 6.07) is 4.42. The van der Waals surface area contributed by atoms with E-state index in [1.165, 1.54) is 30.3 Å². The van der Waals surface area contributed by atoms with Crippen LogP contribution in [0.2, 0.25) is 0 Å². The molecule has 0 unspecified atom stereocenters. The Labute approximate surface area is 157 Å². The molecule has 2 rings (SSSR count). The lowest BCUT2D eigenvalue weighted by atomic mass is 10.0. The number of alkyl halides is 3. The van der Waals surface area contributed by atoms with E-state index in [0.717, 1.165) is 4.90 Å². The summed E-state index contributed by atoms with van der Waals surface area (Å²) >= 11 is 0. The zero-order valence-corrected chi connectivity index (χ0v) is 14.3. The highest BCUT2D eigenvalue weighted by molar-refractivity contribution is 6.18. The van der Waals surface area contributed by atoms with E-state index in [1.807, 2.05) is 5.32 Å². The maximum absolute atomic E-state index is 12.5. The Hall–Kier alpha value is -3.63. The molecule has 0 radical (unpaired) electrons. The summed E-state index contributed by atoms with van der Waals surface area (Å²) in [6.45, 7) is 6.83. The molecule has 1 aliphatic rings. The summed E-state index contributed by atoms with van der Waals surface area (Å²) in [5, 5.41) is 6.23. The highest BCUT2D eigenvalue weighted by atomic mass is 19.4. The molecule has 0 aliphatic carbocycles. The summed E-state index contributed by atoms with van der Waals surface area (Å²) in [6.07, 6.45) is -3.82. The van der Waals surface area contributed by atoms with Crippen LogP contribution in [-0.2, 0) is 14.4 Å². The van der Waals surface area contributed by atoms with Crippen LogP contribution in [0.25, 0.3) is 0 Å². The van der Waals surface area contributed by atoms with Crippen molar-refractivity contribution in [3.63, 3.8) is 0 Å². The second-order valence-corrected chi connectivity index (χ2v) is 5.61. The van der Waals surface area contributed by atoms with Crippen LogP contribution in [0.15, 0.2) is 49.2 Å². The van der Waals surface area contributed by atoms with Crippen LogP contribution in [0.3, 0.4) is 0 Å². The average Bonchev–Trinajstić information content (AvgIpc) is 2.59. The molecule has 3 N–H and O–H groups in total. The number of barbiturate groups is 1. The standard InChI is InChI=1S/C17H15F3N4O4/c1-3-8-24-14(26)12(13(25)23-16(24)28)9(2)21-10-6-4-5-7-11(10)22-15(27)17(18,19)20/h3-7,12,21H,1-2,8H2,(H,22,27)(H,23,25,28)/t12-/m0/s1. The lowest BCUT2D eigenvalue weighted by molar-refractivity contribution is -0.167. The van der Waals surface area contributed by atoms with Crippen LogP contribution in [0.1, 0.15) is 0 Å². The molecule has 28 heavy (non-hydrogen) atoms. The summed E-state index contributed by atoms with van der Waals surface area (Å²) < 4.78 is 37.4. The number of nitrogens with zero attached hydrogens (tertiary/aromatic N) is 1. The van der Waals surface area contributed by atoms with Gasteiger partial charge in [0.25, 0.3) is 0 Å². The molecular formula is C17H15F3N4O4. The topological polar surface area (TPSA) is 108 Å². The third-order valence-corrected chi connectivity index (χ3v) is 3.64.